The molecule has 6 nitrogen and oxygen atoms in total. The van der Waals surface area contributed by atoms with Crippen LogP contribution in [0.4, 0.5) is 5.82 Å². The quantitative estimate of drug-likeness (QED) is 0.753. The molecule has 1 unspecified atom stereocenters. The second-order valence-corrected chi connectivity index (χ2v) is 7.23. The van der Waals surface area contributed by atoms with Crippen molar-refractivity contribution < 1.29 is 4.79 Å². The van der Waals surface area contributed by atoms with Gasteiger partial charge in [-0.2, -0.15) is 0 Å². The van der Waals surface area contributed by atoms with Gasteiger partial charge in [-0.3, -0.25) is 4.79 Å². The van der Waals surface area contributed by atoms with Crippen LogP contribution in [0.2, 0.25) is 0 Å². The van der Waals surface area contributed by atoms with E-state index < -0.39 is 0 Å². The lowest BCUT2D eigenvalue weighted by Gasteiger charge is -2.23. The summed E-state index contributed by atoms with van der Waals surface area (Å²) < 4.78 is 2.26. The Morgan fingerprint density at radius 3 is 3.00 bits per heavy atom. The lowest BCUT2D eigenvalue weighted by Crippen LogP contribution is -2.34. The van der Waals surface area contributed by atoms with Crippen LogP contribution in [0.5, 0.6) is 0 Å². The number of anilines is 1. The maximum absolute atomic E-state index is 12.8. The topological polar surface area (TPSA) is 63.1 Å². The number of carbonyl (C=O) groups is 1. The number of hydrogen-bond acceptors (Lipinski definition) is 5. The molecule has 0 saturated heterocycles. The van der Waals surface area contributed by atoms with E-state index in [-0.39, 0.29) is 5.91 Å². The van der Waals surface area contributed by atoms with Gasteiger partial charge in [-0.1, -0.05) is 6.07 Å². The van der Waals surface area contributed by atoms with E-state index in [0.717, 1.165) is 31.9 Å². The molecule has 1 aliphatic rings. The summed E-state index contributed by atoms with van der Waals surface area (Å²) in [5, 5.41) is 5.19. The largest absolute Gasteiger partial charge is 0.370 e. The van der Waals surface area contributed by atoms with Crippen molar-refractivity contribution in [1.82, 2.24) is 19.4 Å². The van der Waals surface area contributed by atoms with Crippen LogP contribution in [0.1, 0.15) is 22.6 Å². The molecule has 134 valence electrons. The summed E-state index contributed by atoms with van der Waals surface area (Å²) in [5.41, 5.74) is 3.43. The van der Waals surface area contributed by atoms with Gasteiger partial charge in [-0.25, -0.2) is 9.97 Å². The molecule has 0 spiro atoms. The van der Waals surface area contributed by atoms with Gasteiger partial charge in [0.25, 0.3) is 5.91 Å². The van der Waals surface area contributed by atoms with Crippen molar-refractivity contribution in [3.63, 3.8) is 0 Å². The van der Waals surface area contributed by atoms with E-state index >= 15 is 0 Å². The van der Waals surface area contributed by atoms with Crippen LogP contribution in [0.25, 0.3) is 0 Å². The first-order valence-corrected chi connectivity index (χ1v) is 9.70. The minimum Gasteiger partial charge on any atom is -0.370 e. The Morgan fingerprint density at radius 1 is 1.23 bits per heavy atom. The third kappa shape index (κ3) is 3.77. The highest BCUT2D eigenvalue weighted by Crippen LogP contribution is 2.21. The molecule has 4 rings (SSSR count). The highest BCUT2D eigenvalue weighted by atomic mass is 32.1. The number of hydrogen-bond donors (Lipinski definition) is 1. The molecule has 1 aliphatic heterocycles. The number of rotatable bonds is 5. The van der Waals surface area contributed by atoms with E-state index in [1.54, 1.807) is 11.7 Å². The molecule has 1 N–H and O–H groups in total. The second-order valence-electron chi connectivity index (χ2n) is 6.51. The van der Waals surface area contributed by atoms with Crippen molar-refractivity contribution in [1.29, 1.82) is 0 Å². The van der Waals surface area contributed by atoms with Gasteiger partial charge in [0.2, 0.25) is 0 Å². The Balaban J connectivity index is 1.45. The van der Waals surface area contributed by atoms with Crippen molar-refractivity contribution in [2.45, 2.75) is 19.5 Å². The number of carbonyl (C=O) groups excluding carboxylic acids is 1. The molecule has 3 aromatic heterocycles. The molecule has 4 heterocycles. The van der Waals surface area contributed by atoms with Gasteiger partial charge in [0, 0.05) is 43.1 Å². The SMILES string of the molecule is O=C(c1cscn1)N1Cc2cccn2CC(CCNc2ccccn2)C1. The molecular formula is C19H21N5OS. The first-order chi connectivity index (χ1) is 12.8. The number of nitrogens with one attached hydrogen (secondary N) is 1. The Kier molecular flexibility index (Phi) is 4.97. The molecule has 0 bridgehead atoms. The summed E-state index contributed by atoms with van der Waals surface area (Å²) in [6, 6.07) is 9.99. The van der Waals surface area contributed by atoms with Gasteiger partial charge in [0.15, 0.2) is 0 Å². The van der Waals surface area contributed by atoms with Crippen molar-refractivity contribution >= 4 is 23.1 Å². The lowest BCUT2D eigenvalue weighted by atomic mass is 10.0. The Morgan fingerprint density at radius 2 is 2.19 bits per heavy atom. The van der Waals surface area contributed by atoms with Crippen LogP contribution in [0, 0.1) is 5.92 Å². The number of pyridine rings is 1. The number of thiazole rings is 1. The van der Waals surface area contributed by atoms with E-state index in [2.05, 4.69) is 38.2 Å². The fourth-order valence-electron chi connectivity index (χ4n) is 3.37. The van der Waals surface area contributed by atoms with Crippen molar-refractivity contribution in [3.05, 3.63) is 65.0 Å². The van der Waals surface area contributed by atoms with E-state index in [1.165, 1.54) is 17.0 Å². The van der Waals surface area contributed by atoms with Crippen molar-refractivity contribution in [2.24, 2.45) is 5.92 Å². The van der Waals surface area contributed by atoms with Crippen LogP contribution < -0.4 is 5.32 Å². The second kappa shape index (κ2) is 7.70. The Hall–Kier alpha value is -2.67. The van der Waals surface area contributed by atoms with Gasteiger partial charge < -0.3 is 14.8 Å². The number of amides is 1. The standard InChI is InChI=1S/C19H21N5OS/c25-19(17-13-26-14-22-17)24-11-15(10-23-9-3-4-16(23)12-24)6-8-21-18-5-1-2-7-20-18/h1-5,7,9,13-15H,6,8,10-12H2,(H,20,21). The maximum atomic E-state index is 12.8. The maximum Gasteiger partial charge on any atom is 0.273 e. The molecule has 0 fully saturated rings. The summed E-state index contributed by atoms with van der Waals surface area (Å²) in [6.07, 6.45) is 4.86. The summed E-state index contributed by atoms with van der Waals surface area (Å²) in [4.78, 5) is 23.2. The number of nitrogens with zero attached hydrogens (tertiary/aromatic N) is 4. The molecule has 0 saturated carbocycles. The van der Waals surface area contributed by atoms with E-state index in [0.29, 0.717) is 18.2 Å². The molecule has 0 aliphatic carbocycles. The Labute approximate surface area is 156 Å². The van der Waals surface area contributed by atoms with E-state index in [4.69, 9.17) is 0 Å². The summed E-state index contributed by atoms with van der Waals surface area (Å²) in [5.74, 6) is 1.28. The van der Waals surface area contributed by atoms with Gasteiger partial charge in [-0.15, -0.1) is 11.3 Å². The van der Waals surface area contributed by atoms with Crippen LogP contribution in [-0.2, 0) is 13.1 Å². The number of aromatic nitrogens is 3. The zero-order valence-electron chi connectivity index (χ0n) is 14.4. The molecule has 26 heavy (non-hydrogen) atoms. The predicted molar refractivity (Wildman–Crippen MR) is 102 cm³/mol. The molecule has 7 heteroatoms. The Bertz CT molecular complexity index is 846. The third-order valence-electron chi connectivity index (χ3n) is 4.67. The van der Waals surface area contributed by atoms with Gasteiger partial charge in [0.05, 0.1) is 12.1 Å². The first-order valence-electron chi connectivity index (χ1n) is 8.76. The number of fused-ring (bicyclic) bond motifs is 1. The smallest absolute Gasteiger partial charge is 0.273 e. The fourth-order valence-corrected chi connectivity index (χ4v) is 3.89. The normalized spacial score (nSPS) is 16.8. The first kappa shape index (κ1) is 16.8. The lowest BCUT2D eigenvalue weighted by molar-refractivity contribution is 0.0714. The minimum absolute atomic E-state index is 0.0172. The fraction of sp³-hybridized carbons (Fsp3) is 0.316. The molecule has 1 atom stereocenters. The molecule has 1 amide bonds. The van der Waals surface area contributed by atoms with Crippen LogP contribution in [0.3, 0.4) is 0 Å². The summed E-state index contributed by atoms with van der Waals surface area (Å²) >= 11 is 1.46. The third-order valence-corrected chi connectivity index (χ3v) is 5.26. The average molecular weight is 367 g/mol. The summed E-state index contributed by atoms with van der Waals surface area (Å²) in [6.45, 7) is 3.12. The van der Waals surface area contributed by atoms with Crippen LogP contribution in [-0.4, -0.2) is 38.4 Å². The van der Waals surface area contributed by atoms with Crippen molar-refractivity contribution in [3.8, 4) is 0 Å². The predicted octanol–water partition coefficient (Wildman–Crippen LogP) is 3.11. The van der Waals surface area contributed by atoms with Gasteiger partial charge >= 0.3 is 0 Å². The van der Waals surface area contributed by atoms with Gasteiger partial charge in [-0.05, 0) is 36.6 Å². The van der Waals surface area contributed by atoms with Crippen LogP contribution >= 0.6 is 11.3 Å². The zero-order chi connectivity index (χ0) is 17.8. The molecule has 0 radical (unpaired) electrons. The average Bonchev–Trinajstić information content (AvgIpc) is 3.31. The van der Waals surface area contributed by atoms with Crippen molar-refractivity contribution in [2.75, 3.05) is 18.4 Å². The summed E-state index contributed by atoms with van der Waals surface area (Å²) in [7, 11) is 0. The monoisotopic (exact) mass is 367 g/mol. The zero-order valence-corrected chi connectivity index (χ0v) is 15.2. The van der Waals surface area contributed by atoms with Gasteiger partial charge in [0.1, 0.15) is 11.5 Å². The highest BCUT2D eigenvalue weighted by molar-refractivity contribution is 7.07. The van der Waals surface area contributed by atoms with E-state index in [1.807, 2.05) is 28.5 Å². The minimum atomic E-state index is 0.0172. The van der Waals surface area contributed by atoms with E-state index in [9.17, 15) is 4.79 Å². The molecule has 0 aromatic carbocycles. The van der Waals surface area contributed by atoms with Crippen LogP contribution in [0.15, 0.2) is 53.6 Å². The molecular weight excluding hydrogens is 346 g/mol. The molecule has 3 aromatic rings. The highest BCUT2D eigenvalue weighted by Gasteiger charge is 2.26.